The van der Waals surface area contributed by atoms with Gasteiger partial charge in [0.15, 0.2) is 0 Å². The van der Waals surface area contributed by atoms with Gasteiger partial charge in [-0.05, 0) is 0 Å². The van der Waals surface area contributed by atoms with Crippen LogP contribution in [-0.4, -0.2) is 70.3 Å². The molecular weight excluding hydrogens is 312 g/mol. The molecule has 0 aliphatic heterocycles. The Kier molecular flexibility index (Phi) is 14.3. The molecular formula is C10H18O6S3. The molecule has 0 spiro atoms. The molecule has 0 rings (SSSR count). The minimum absolute atomic E-state index is 0.0400. The number of thioether (sulfide) groups is 3. The largest absolute Gasteiger partial charge is 0.463 e. The van der Waals surface area contributed by atoms with Gasteiger partial charge in [0.1, 0.15) is 13.2 Å². The smallest absolute Gasteiger partial charge is 0.316 e. The summed E-state index contributed by atoms with van der Waals surface area (Å²) in [5.74, 6) is -0.147. The fraction of sp³-hybridized carbons (Fsp3) is 0.800. The van der Waals surface area contributed by atoms with Crippen molar-refractivity contribution in [1.82, 2.24) is 0 Å². The highest BCUT2D eigenvalue weighted by atomic mass is 32.2. The average molecular weight is 330 g/mol. The Morgan fingerprint density at radius 3 is 1.58 bits per heavy atom. The van der Waals surface area contributed by atoms with E-state index in [1.165, 1.54) is 23.5 Å². The minimum atomic E-state index is -0.333. The molecule has 0 aromatic carbocycles. The molecule has 0 unspecified atom stereocenters. The molecule has 0 saturated heterocycles. The fourth-order valence-corrected chi connectivity index (χ4v) is 3.80. The number of aliphatic hydroxyl groups is 2. The molecule has 19 heavy (non-hydrogen) atoms. The maximum atomic E-state index is 11.0. The lowest BCUT2D eigenvalue weighted by molar-refractivity contribution is -0.142. The Balaban J connectivity index is 3.22. The first-order valence-electron chi connectivity index (χ1n) is 5.47. The quantitative estimate of drug-likeness (QED) is 0.295. The number of hydrogen-bond acceptors (Lipinski definition) is 9. The fourth-order valence-electron chi connectivity index (χ4n) is 0.804. The van der Waals surface area contributed by atoms with Crippen molar-refractivity contribution in [2.45, 2.75) is 0 Å². The molecule has 0 radical (unpaired) electrons. The first-order valence-corrected chi connectivity index (χ1v) is 8.93. The first-order chi connectivity index (χ1) is 9.20. The van der Waals surface area contributed by atoms with E-state index in [0.717, 1.165) is 10.2 Å². The van der Waals surface area contributed by atoms with Gasteiger partial charge in [0.25, 0.3) is 0 Å². The zero-order valence-corrected chi connectivity index (χ0v) is 12.9. The number of carbonyl (C=O) groups is 2. The van der Waals surface area contributed by atoms with Crippen molar-refractivity contribution >= 4 is 47.2 Å². The number of carbonyl (C=O) groups excluding carboxylic acids is 2. The number of aliphatic hydroxyl groups excluding tert-OH is 2. The van der Waals surface area contributed by atoms with Crippen LogP contribution in [0, 0.1) is 0 Å². The lowest BCUT2D eigenvalue weighted by Gasteiger charge is -2.04. The highest BCUT2D eigenvalue weighted by Crippen LogP contribution is 2.17. The van der Waals surface area contributed by atoms with Crippen LogP contribution in [-0.2, 0) is 19.1 Å². The third-order valence-corrected chi connectivity index (χ3v) is 5.03. The Morgan fingerprint density at radius 1 is 0.789 bits per heavy atom. The van der Waals surface area contributed by atoms with Crippen LogP contribution < -0.4 is 0 Å². The second-order valence-electron chi connectivity index (χ2n) is 3.02. The van der Waals surface area contributed by atoms with Gasteiger partial charge in [-0.3, -0.25) is 9.59 Å². The highest BCUT2D eigenvalue weighted by Gasteiger charge is 2.04. The standard InChI is InChI=1S/C10H18O6S3/c11-1-3-15-9(13)5-17-7-19-8-18-6-10(14)16-4-2-12/h11-12H,1-8H2. The summed E-state index contributed by atoms with van der Waals surface area (Å²) < 4.78 is 9.36. The van der Waals surface area contributed by atoms with Crippen molar-refractivity contribution in [2.75, 3.05) is 48.1 Å². The van der Waals surface area contributed by atoms with Crippen molar-refractivity contribution in [3.8, 4) is 0 Å². The number of rotatable bonds is 12. The topological polar surface area (TPSA) is 93.1 Å². The molecule has 0 heterocycles. The Bertz CT molecular complexity index is 227. The molecule has 0 amide bonds. The zero-order chi connectivity index (χ0) is 14.3. The van der Waals surface area contributed by atoms with E-state index in [1.54, 1.807) is 11.8 Å². The first kappa shape index (κ1) is 18.9. The average Bonchev–Trinajstić information content (AvgIpc) is 2.41. The monoisotopic (exact) mass is 330 g/mol. The number of esters is 2. The van der Waals surface area contributed by atoms with Crippen molar-refractivity contribution in [3.05, 3.63) is 0 Å². The van der Waals surface area contributed by atoms with Gasteiger partial charge in [0.05, 0.1) is 24.7 Å². The summed E-state index contributed by atoms with van der Waals surface area (Å²) in [6, 6.07) is 0. The lowest BCUT2D eigenvalue weighted by Crippen LogP contribution is -2.11. The Hall–Kier alpha value is -0.0900. The van der Waals surface area contributed by atoms with Crippen LogP contribution in [0.3, 0.4) is 0 Å². The Labute approximate surface area is 125 Å². The van der Waals surface area contributed by atoms with Crippen LogP contribution in [0.2, 0.25) is 0 Å². The zero-order valence-electron chi connectivity index (χ0n) is 10.4. The van der Waals surface area contributed by atoms with Gasteiger partial charge in [-0.15, -0.1) is 35.3 Å². The van der Waals surface area contributed by atoms with Crippen molar-refractivity contribution in [2.24, 2.45) is 0 Å². The molecule has 0 saturated carbocycles. The SMILES string of the molecule is O=C(CSCSCSCC(=O)OCCO)OCCO. The predicted octanol–water partition coefficient (Wildman–Crippen LogP) is 0.172. The molecule has 0 aliphatic carbocycles. The highest BCUT2D eigenvalue weighted by molar-refractivity contribution is 8.22. The second kappa shape index (κ2) is 14.3. The maximum absolute atomic E-state index is 11.0. The van der Waals surface area contributed by atoms with Crippen LogP contribution in [0.5, 0.6) is 0 Å². The maximum Gasteiger partial charge on any atom is 0.316 e. The van der Waals surface area contributed by atoms with Crippen LogP contribution in [0.4, 0.5) is 0 Å². The van der Waals surface area contributed by atoms with E-state index in [1.807, 2.05) is 0 Å². The van der Waals surface area contributed by atoms with E-state index >= 15 is 0 Å². The summed E-state index contributed by atoms with van der Waals surface area (Å²) in [6.07, 6.45) is 0. The Morgan fingerprint density at radius 2 is 1.21 bits per heavy atom. The number of hydrogen-bond donors (Lipinski definition) is 2. The number of ether oxygens (including phenoxy) is 2. The minimum Gasteiger partial charge on any atom is -0.463 e. The van der Waals surface area contributed by atoms with E-state index in [4.69, 9.17) is 10.2 Å². The third-order valence-electron chi connectivity index (χ3n) is 1.48. The molecule has 0 aliphatic rings. The normalized spacial score (nSPS) is 10.2. The summed E-state index contributed by atoms with van der Waals surface area (Å²) in [5, 5.41) is 18.3. The molecule has 112 valence electrons. The van der Waals surface area contributed by atoms with Gasteiger partial charge in [-0.1, -0.05) is 0 Å². The molecule has 0 atom stereocenters. The summed E-state index contributed by atoms with van der Waals surface area (Å²) in [6.45, 7) is -0.237. The van der Waals surface area contributed by atoms with E-state index in [0.29, 0.717) is 0 Å². The second-order valence-corrected chi connectivity index (χ2v) is 6.71. The summed E-state index contributed by atoms with van der Waals surface area (Å²) >= 11 is 4.45. The van der Waals surface area contributed by atoms with Crippen LogP contribution in [0.1, 0.15) is 0 Å². The van der Waals surface area contributed by atoms with Crippen LogP contribution in [0.15, 0.2) is 0 Å². The predicted molar refractivity (Wildman–Crippen MR) is 78.3 cm³/mol. The molecule has 0 fully saturated rings. The van der Waals surface area contributed by atoms with E-state index < -0.39 is 0 Å². The van der Waals surface area contributed by atoms with E-state index in [-0.39, 0.29) is 49.9 Å². The van der Waals surface area contributed by atoms with E-state index in [2.05, 4.69) is 9.47 Å². The summed E-state index contributed by atoms with van der Waals surface area (Å²) in [5.41, 5.74) is 0. The van der Waals surface area contributed by atoms with Gasteiger partial charge in [0.2, 0.25) is 0 Å². The molecule has 6 nitrogen and oxygen atoms in total. The van der Waals surface area contributed by atoms with Crippen molar-refractivity contribution in [3.63, 3.8) is 0 Å². The summed E-state index contributed by atoms with van der Waals surface area (Å²) in [4.78, 5) is 22.1. The summed E-state index contributed by atoms with van der Waals surface area (Å²) in [7, 11) is 0. The third kappa shape index (κ3) is 14.1. The van der Waals surface area contributed by atoms with Crippen LogP contribution >= 0.6 is 35.3 Å². The van der Waals surface area contributed by atoms with Crippen LogP contribution in [0.25, 0.3) is 0 Å². The van der Waals surface area contributed by atoms with E-state index in [9.17, 15) is 9.59 Å². The molecule has 2 N–H and O–H groups in total. The van der Waals surface area contributed by atoms with Gasteiger partial charge in [0, 0.05) is 10.2 Å². The lowest BCUT2D eigenvalue weighted by atomic mass is 10.7. The van der Waals surface area contributed by atoms with Gasteiger partial charge in [-0.25, -0.2) is 0 Å². The van der Waals surface area contributed by atoms with Gasteiger partial charge >= 0.3 is 11.9 Å². The molecule has 0 aromatic heterocycles. The van der Waals surface area contributed by atoms with Gasteiger partial charge in [-0.2, -0.15) is 0 Å². The van der Waals surface area contributed by atoms with Crippen molar-refractivity contribution < 1.29 is 29.3 Å². The molecule has 0 bridgehead atoms. The molecule has 9 heteroatoms. The van der Waals surface area contributed by atoms with Gasteiger partial charge < -0.3 is 19.7 Å². The molecule has 0 aromatic rings. The van der Waals surface area contributed by atoms with Crippen molar-refractivity contribution in [1.29, 1.82) is 0 Å².